The number of ether oxygens (including phenoxy) is 1. The number of halogens is 1. The first kappa shape index (κ1) is 23.4. The van der Waals surface area contributed by atoms with Crippen LogP contribution in [0, 0.1) is 0 Å². The van der Waals surface area contributed by atoms with E-state index in [4.69, 9.17) is 4.74 Å². The van der Waals surface area contributed by atoms with Crippen molar-refractivity contribution < 1.29 is 19.1 Å². The second-order valence-electron chi connectivity index (χ2n) is 7.62. The fourth-order valence-corrected chi connectivity index (χ4v) is 2.94. The second kappa shape index (κ2) is 10.8. The number of rotatable bonds is 7. The van der Waals surface area contributed by atoms with E-state index in [-0.39, 0.29) is 31.2 Å². The van der Waals surface area contributed by atoms with E-state index in [0.29, 0.717) is 11.4 Å². The molecular formula is C22H26BrN3O4. The maximum atomic E-state index is 12.3. The highest BCUT2D eigenvalue weighted by Gasteiger charge is 2.16. The highest BCUT2D eigenvalue weighted by Crippen LogP contribution is 2.19. The Balaban J connectivity index is 1.82. The number of carbonyl (C=O) groups is 3. The standard InChI is InChI=1S/C22H26BrN3O4/c1-22(2,3)30-21(29)24-12-11-19(27)25-16-8-6-9-17(14-16)26-20(28)13-15-7-4-5-10-18(15)23/h4-10,14H,11-13H2,1-3H3,(H,24,29)(H,25,27)(H,26,28). The van der Waals surface area contributed by atoms with Crippen molar-refractivity contribution in [2.45, 2.75) is 39.2 Å². The molecule has 0 aliphatic carbocycles. The average molecular weight is 476 g/mol. The maximum absolute atomic E-state index is 12.3. The Hall–Kier alpha value is -2.87. The van der Waals surface area contributed by atoms with E-state index in [9.17, 15) is 14.4 Å². The van der Waals surface area contributed by atoms with Crippen molar-refractivity contribution in [2.24, 2.45) is 0 Å². The Kier molecular flexibility index (Phi) is 8.41. The lowest BCUT2D eigenvalue weighted by molar-refractivity contribution is -0.116. The van der Waals surface area contributed by atoms with E-state index in [2.05, 4.69) is 31.9 Å². The summed E-state index contributed by atoms with van der Waals surface area (Å²) in [6, 6.07) is 14.4. The molecule has 8 heteroatoms. The van der Waals surface area contributed by atoms with Crippen molar-refractivity contribution in [3.8, 4) is 0 Å². The summed E-state index contributed by atoms with van der Waals surface area (Å²) in [4.78, 5) is 36.0. The Morgan fingerprint density at radius 3 is 2.20 bits per heavy atom. The molecule has 0 fully saturated rings. The SMILES string of the molecule is CC(C)(C)OC(=O)NCCC(=O)Nc1cccc(NC(=O)Cc2ccccc2Br)c1. The van der Waals surface area contributed by atoms with Gasteiger partial charge in [0.1, 0.15) is 5.60 Å². The first-order valence-corrected chi connectivity index (χ1v) is 10.3. The molecule has 0 aliphatic heterocycles. The molecule has 0 atom stereocenters. The van der Waals surface area contributed by atoms with Gasteiger partial charge in [-0.15, -0.1) is 0 Å². The molecule has 0 aromatic heterocycles. The largest absolute Gasteiger partial charge is 0.444 e. The van der Waals surface area contributed by atoms with Gasteiger partial charge in [0.2, 0.25) is 11.8 Å². The lowest BCUT2D eigenvalue weighted by atomic mass is 10.1. The average Bonchev–Trinajstić information content (AvgIpc) is 2.62. The predicted octanol–water partition coefficient (Wildman–Crippen LogP) is 4.48. The van der Waals surface area contributed by atoms with Crippen LogP contribution in [-0.4, -0.2) is 30.1 Å². The minimum atomic E-state index is -0.589. The lowest BCUT2D eigenvalue weighted by Crippen LogP contribution is -2.34. The summed E-state index contributed by atoms with van der Waals surface area (Å²) in [6.45, 7) is 5.46. The Morgan fingerprint density at radius 1 is 0.933 bits per heavy atom. The summed E-state index contributed by atoms with van der Waals surface area (Å²) in [5.41, 5.74) is 1.43. The van der Waals surface area contributed by atoms with E-state index in [1.54, 1.807) is 45.0 Å². The fourth-order valence-electron chi connectivity index (χ4n) is 2.51. The Morgan fingerprint density at radius 2 is 1.57 bits per heavy atom. The van der Waals surface area contributed by atoms with Crippen LogP contribution in [0.2, 0.25) is 0 Å². The van der Waals surface area contributed by atoms with Gasteiger partial charge in [0.05, 0.1) is 6.42 Å². The zero-order chi connectivity index (χ0) is 22.1. The number of nitrogens with one attached hydrogen (secondary N) is 3. The molecule has 3 amide bonds. The van der Waals surface area contributed by atoms with E-state index in [0.717, 1.165) is 10.0 Å². The lowest BCUT2D eigenvalue weighted by Gasteiger charge is -2.19. The molecule has 0 saturated carbocycles. The molecular weight excluding hydrogens is 450 g/mol. The van der Waals surface area contributed by atoms with Gasteiger partial charge in [-0.05, 0) is 50.6 Å². The molecule has 30 heavy (non-hydrogen) atoms. The van der Waals surface area contributed by atoms with E-state index in [1.165, 1.54) is 0 Å². The topological polar surface area (TPSA) is 96.5 Å². The molecule has 3 N–H and O–H groups in total. The van der Waals surface area contributed by atoms with Crippen LogP contribution in [0.15, 0.2) is 53.0 Å². The Bertz CT molecular complexity index is 909. The monoisotopic (exact) mass is 475 g/mol. The smallest absolute Gasteiger partial charge is 0.407 e. The summed E-state index contributed by atoms with van der Waals surface area (Å²) in [5.74, 6) is -0.422. The quantitative estimate of drug-likeness (QED) is 0.549. The molecule has 2 rings (SSSR count). The number of anilines is 2. The molecule has 7 nitrogen and oxygen atoms in total. The molecule has 160 valence electrons. The van der Waals surface area contributed by atoms with Crippen molar-refractivity contribution >= 4 is 45.2 Å². The van der Waals surface area contributed by atoms with Gasteiger partial charge in [0, 0.05) is 28.8 Å². The van der Waals surface area contributed by atoms with Gasteiger partial charge in [0.15, 0.2) is 0 Å². The normalized spacial score (nSPS) is 10.8. The van der Waals surface area contributed by atoms with Crippen LogP contribution in [0.3, 0.4) is 0 Å². The number of alkyl carbamates (subject to hydrolysis) is 1. The third-order valence-electron chi connectivity index (χ3n) is 3.76. The van der Waals surface area contributed by atoms with Crippen molar-refractivity contribution in [1.29, 1.82) is 0 Å². The van der Waals surface area contributed by atoms with Crippen molar-refractivity contribution in [3.05, 3.63) is 58.6 Å². The van der Waals surface area contributed by atoms with Crippen LogP contribution in [0.4, 0.5) is 16.2 Å². The van der Waals surface area contributed by atoms with Crippen LogP contribution < -0.4 is 16.0 Å². The predicted molar refractivity (Wildman–Crippen MR) is 120 cm³/mol. The van der Waals surface area contributed by atoms with Gasteiger partial charge in [-0.3, -0.25) is 9.59 Å². The number of benzene rings is 2. The van der Waals surface area contributed by atoms with Crippen LogP contribution in [0.1, 0.15) is 32.8 Å². The van der Waals surface area contributed by atoms with Crippen molar-refractivity contribution in [3.63, 3.8) is 0 Å². The molecule has 2 aromatic carbocycles. The summed E-state index contributed by atoms with van der Waals surface area (Å²) in [5, 5.41) is 8.11. The van der Waals surface area contributed by atoms with Gasteiger partial charge in [-0.25, -0.2) is 4.79 Å². The van der Waals surface area contributed by atoms with Gasteiger partial charge >= 0.3 is 6.09 Å². The van der Waals surface area contributed by atoms with E-state index >= 15 is 0 Å². The number of carbonyl (C=O) groups excluding carboxylic acids is 3. The Labute approximate surface area is 184 Å². The molecule has 0 bridgehead atoms. The summed E-state index contributed by atoms with van der Waals surface area (Å²) < 4.78 is 5.99. The highest BCUT2D eigenvalue weighted by atomic mass is 79.9. The summed E-state index contributed by atoms with van der Waals surface area (Å²) >= 11 is 3.43. The number of amides is 3. The fraction of sp³-hybridized carbons (Fsp3) is 0.318. The number of hydrogen-bond donors (Lipinski definition) is 3. The van der Waals surface area contributed by atoms with Gasteiger partial charge in [-0.1, -0.05) is 40.2 Å². The van der Waals surface area contributed by atoms with Gasteiger partial charge in [0.25, 0.3) is 0 Å². The molecule has 0 saturated heterocycles. The maximum Gasteiger partial charge on any atom is 0.407 e. The highest BCUT2D eigenvalue weighted by molar-refractivity contribution is 9.10. The molecule has 0 radical (unpaired) electrons. The summed E-state index contributed by atoms with van der Waals surface area (Å²) in [7, 11) is 0. The molecule has 0 heterocycles. The first-order valence-electron chi connectivity index (χ1n) is 9.52. The van der Waals surface area contributed by atoms with E-state index in [1.807, 2.05) is 24.3 Å². The number of hydrogen-bond acceptors (Lipinski definition) is 4. The van der Waals surface area contributed by atoms with E-state index < -0.39 is 11.7 Å². The molecule has 0 spiro atoms. The minimum Gasteiger partial charge on any atom is -0.444 e. The minimum absolute atomic E-state index is 0.0951. The van der Waals surface area contributed by atoms with Gasteiger partial charge in [-0.2, -0.15) is 0 Å². The molecule has 2 aromatic rings. The zero-order valence-electron chi connectivity index (χ0n) is 17.3. The first-order chi connectivity index (χ1) is 14.1. The molecule has 0 aliphatic rings. The van der Waals surface area contributed by atoms with Crippen LogP contribution >= 0.6 is 15.9 Å². The van der Waals surface area contributed by atoms with Crippen LogP contribution in [0.25, 0.3) is 0 Å². The van der Waals surface area contributed by atoms with Gasteiger partial charge < -0.3 is 20.7 Å². The zero-order valence-corrected chi connectivity index (χ0v) is 18.8. The molecule has 0 unspecified atom stereocenters. The summed E-state index contributed by atoms with van der Waals surface area (Å²) in [6.07, 6.45) is -0.239. The third-order valence-corrected chi connectivity index (χ3v) is 4.53. The van der Waals surface area contributed by atoms with Crippen molar-refractivity contribution in [2.75, 3.05) is 17.2 Å². The van der Waals surface area contributed by atoms with Crippen molar-refractivity contribution in [1.82, 2.24) is 5.32 Å². The van der Waals surface area contributed by atoms with Crippen LogP contribution in [-0.2, 0) is 20.7 Å². The third kappa shape index (κ3) is 8.65. The van der Waals surface area contributed by atoms with Crippen LogP contribution in [0.5, 0.6) is 0 Å². The second-order valence-corrected chi connectivity index (χ2v) is 8.48.